The largest absolute Gasteiger partial charge is 0.463 e. The third-order valence-electron chi connectivity index (χ3n) is 5.20. The van der Waals surface area contributed by atoms with Crippen LogP contribution in [0.25, 0.3) is 22.0 Å². The van der Waals surface area contributed by atoms with Gasteiger partial charge in [-0.3, -0.25) is 4.79 Å². The fourth-order valence-electron chi connectivity index (χ4n) is 3.89. The molecule has 0 saturated carbocycles. The van der Waals surface area contributed by atoms with Gasteiger partial charge in [0.1, 0.15) is 17.7 Å². The molecule has 1 aliphatic heterocycles. The number of nitrogens with one attached hydrogen (secondary N) is 1. The SMILES string of the molecule is Cc1ccc2nc([C@@H]3CCCN3C(=O)c3coc4ccccc34)[nH]c2c1. The molecule has 0 aliphatic carbocycles. The van der Waals surface area contributed by atoms with E-state index in [0.717, 1.165) is 47.2 Å². The summed E-state index contributed by atoms with van der Waals surface area (Å²) in [5, 5.41) is 0.864. The molecule has 5 rings (SSSR count). The summed E-state index contributed by atoms with van der Waals surface area (Å²) in [5.74, 6) is 0.873. The number of aryl methyl sites for hydroxylation is 1. The summed E-state index contributed by atoms with van der Waals surface area (Å²) < 4.78 is 5.56. The molecule has 0 bridgehead atoms. The number of likely N-dealkylation sites (tertiary alicyclic amines) is 1. The number of para-hydroxylation sites is 1. The lowest BCUT2D eigenvalue weighted by atomic mass is 10.1. The third kappa shape index (κ3) is 2.31. The van der Waals surface area contributed by atoms with E-state index in [0.29, 0.717) is 5.56 Å². The molecule has 1 aliphatic rings. The van der Waals surface area contributed by atoms with Crippen LogP contribution in [-0.4, -0.2) is 27.3 Å². The number of fused-ring (bicyclic) bond motifs is 2. The van der Waals surface area contributed by atoms with Gasteiger partial charge < -0.3 is 14.3 Å². The van der Waals surface area contributed by atoms with Crippen molar-refractivity contribution in [1.29, 1.82) is 0 Å². The first-order chi connectivity index (χ1) is 12.7. The van der Waals surface area contributed by atoms with Crippen LogP contribution < -0.4 is 0 Å². The van der Waals surface area contributed by atoms with Crippen LogP contribution in [-0.2, 0) is 0 Å². The maximum atomic E-state index is 13.2. The predicted octanol–water partition coefficient (Wildman–Crippen LogP) is 4.59. The van der Waals surface area contributed by atoms with Crippen LogP contribution >= 0.6 is 0 Å². The Kier molecular flexibility index (Phi) is 3.35. The summed E-state index contributed by atoms with van der Waals surface area (Å²) in [6.07, 6.45) is 3.47. The van der Waals surface area contributed by atoms with Crippen molar-refractivity contribution in [3.05, 3.63) is 65.7 Å². The quantitative estimate of drug-likeness (QED) is 0.578. The highest BCUT2D eigenvalue weighted by atomic mass is 16.3. The van der Waals surface area contributed by atoms with Gasteiger partial charge in [-0.15, -0.1) is 0 Å². The first-order valence-corrected chi connectivity index (χ1v) is 8.94. The van der Waals surface area contributed by atoms with Gasteiger partial charge in [0.05, 0.1) is 22.6 Å². The number of rotatable bonds is 2. The van der Waals surface area contributed by atoms with Gasteiger partial charge in [0.15, 0.2) is 0 Å². The number of aromatic nitrogens is 2. The first-order valence-electron chi connectivity index (χ1n) is 8.94. The summed E-state index contributed by atoms with van der Waals surface area (Å²) in [5.41, 5.74) is 4.52. The Bertz CT molecular complexity index is 1120. The number of hydrogen-bond donors (Lipinski definition) is 1. The van der Waals surface area contributed by atoms with E-state index >= 15 is 0 Å². The fourth-order valence-corrected chi connectivity index (χ4v) is 3.89. The highest BCUT2D eigenvalue weighted by Gasteiger charge is 2.33. The van der Waals surface area contributed by atoms with Gasteiger partial charge in [-0.25, -0.2) is 4.98 Å². The number of imidazole rings is 1. The van der Waals surface area contributed by atoms with Crippen LogP contribution in [0.15, 0.2) is 53.1 Å². The normalized spacial score (nSPS) is 17.4. The minimum Gasteiger partial charge on any atom is -0.463 e. The zero-order valence-corrected chi connectivity index (χ0v) is 14.5. The Labute approximate surface area is 150 Å². The lowest BCUT2D eigenvalue weighted by molar-refractivity contribution is 0.0731. The van der Waals surface area contributed by atoms with Gasteiger partial charge in [0, 0.05) is 11.9 Å². The number of carbonyl (C=O) groups excluding carboxylic acids is 1. The van der Waals surface area contributed by atoms with Crippen molar-refractivity contribution < 1.29 is 9.21 Å². The molecule has 1 fully saturated rings. The minimum atomic E-state index is -0.0242. The topological polar surface area (TPSA) is 62.1 Å². The van der Waals surface area contributed by atoms with E-state index in [-0.39, 0.29) is 11.9 Å². The van der Waals surface area contributed by atoms with Crippen molar-refractivity contribution in [2.24, 2.45) is 0 Å². The van der Waals surface area contributed by atoms with Crippen LogP contribution in [0, 0.1) is 6.92 Å². The smallest absolute Gasteiger partial charge is 0.258 e. The standard InChI is InChI=1S/C21H19N3O2/c1-13-8-9-16-17(11-13)23-20(22-16)18-6-4-10-24(18)21(25)15-12-26-19-7-3-2-5-14(15)19/h2-3,5,7-9,11-12,18H,4,6,10H2,1H3,(H,22,23)/t18-/m0/s1. The Morgan fingerprint density at radius 3 is 3.08 bits per heavy atom. The molecule has 0 radical (unpaired) electrons. The zero-order chi connectivity index (χ0) is 17.7. The molecule has 5 nitrogen and oxygen atoms in total. The maximum Gasteiger partial charge on any atom is 0.258 e. The number of aromatic amines is 1. The molecule has 1 saturated heterocycles. The maximum absolute atomic E-state index is 13.2. The van der Waals surface area contributed by atoms with Gasteiger partial charge in [0.2, 0.25) is 0 Å². The molecule has 1 atom stereocenters. The fraction of sp³-hybridized carbons (Fsp3) is 0.238. The zero-order valence-electron chi connectivity index (χ0n) is 14.5. The second kappa shape index (κ2) is 5.73. The van der Waals surface area contributed by atoms with Crippen molar-refractivity contribution >= 4 is 27.9 Å². The Hall–Kier alpha value is -3.08. The number of amides is 1. The van der Waals surface area contributed by atoms with Gasteiger partial charge in [0.25, 0.3) is 5.91 Å². The summed E-state index contributed by atoms with van der Waals surface area (Å²) in [6, 6.07) is 13.8. The number of hydrogen-bond acceptors (Lipinski definition) is 3. The Morgan fingerprint density at radius 1 is 1.27 bits per heavy atom. The summed E-state index contributed by atoms with van der Waals surface area (Å²) in [4.78, 5) is 23.3. The van der Waals surface area contributed by atoms with Crippen molar-refractivity contribution in [1.82, 2.24) is 14.9 Å². The highest BCUT2D eigenvalue weighted by Crippen LogP contribution is 2.34. The molecule has 2 aromatic carbocycles. The summed E-state index contributed by atoms with van der Waals surface area (Å²) in [7, 11) is 0. The third-order valence-corrected chi connectivity index (χ3v) is 5.20. The van der Waals surface area contributed by atoms with Gasteiger partial charge in [-0.05, 0) is 43.5 Å². The molecular weight excluding hydrogens is 326 g/mol. The molecule has 4 aromatic rings. The molecular formula is C21H19N3O2. The van der Waals surface area contributed by atoms with Crippen LogP contribution in [0.1, 0.15) is 40.6 Å². The monoisotopic (exact) mass is 345 g/mol. The first kappa shape index (κ1) is 15.2. The predicted molar refractivity (Wildman–Crippen MR) is 100 cm³/mol. The van der Waals surface area contributed by atoms with Gasteiger partial charge in [-0.2, -0.15) is 0 Å². The van der Waals surface area contributed by atoms with Crippen LogP contribution in [0.5, 0.6) is 0 Å². The van der Waals surface area contributed by atoms with Gasteiger partial charge >= 0.3 is 0 Å². The molecule has 130 valence electrons. The summed E-state index contributed by atoms with van der Waals surface area (Å²) in [6.45, 7) is 2.80. The average Bonchev–Trinajstić information content (AvgIpc) is 3.37. The molecule has 3 heterocycles. The Balaban J connectivity index is 1.52. The molecule has 1 amide bonds. The van der Waals surface area contributed by atoms with Gasteiger partial charge in [-0.1, -0.05) is 24.3 Å². The Morgan fingerprint density at radius 2 is 2.15 bits per heavy atom. The molecule has 5 heteroatoms. The van der Waals surface area contributed by atoms with E-state index < -0.39 is 0 Å². The average molecular weight is 345 g/mol. The van der Waals surface area contributed by atoms with Crippen molar-refractivity contribution in [2.75, 3.05) is 6.54 Å². The van der Waals surface area contributed by atoms with Crippen LogP contribution in [0.4, 0.5) is 0 Å². The van der Waals surface area contributed by atoms with E-state index in [9.17, 15) is 4.79 Å². The highest BCUT2D eigenvalue weighted by molar-refractivity contribution is 6.06. The molecule has 0 spiro atoms. The van der Waals surface area contributed by atoms with E-state index in [1.165, 1.54) is 5.56 Å². The lowest BCUT2D eigenvalue weighted by Crippen LogP contribution is -2.30. The van der Waals surface area contributed by atoms with Crippen molar-refractivity contribution in [3.8, 4) is 0 Å². The van der Waals surface area contributed by atoms with Crippen molar-refractivity contribution in [3.63, 3.8) is 0 Å². The number of H-pyrrole nitrogens is 1. The van der Waals surface area contributed by atoms with E-state index in [1.54, 1.807) is 6.26 Å². The number of furan rings is 1. The number of carbonyl (C=O) groups is 1. The summed E-state index contributed by atoms with van der Waals surface area (Å²) >= 11 is 0. The lowest BCUT2D eigenvalue weighted by Gasteiger charge is -2.22. The second-order valence-electron chi connectivity index (χ2n) is 6.94. The van der Waals surface area contributed by atoms with Crippen molar-refractivity contribution in [2.45, 2.75) is 25.8 Å². The number of nitrogens with zero attached hydrogens (tertiary/aromatic N) is 2. The van der Waals surface area contributed by atoms with E-state index in [2.05, 4.69) is 24.0 Å². The minimum absolute atomic E-state index is 0.00841. The van der Waals surface area contributed by atoms with Crippen LogP contribution in [0.2, 0.25) is 0 Å². The van der Waals surface area contributed by atoms with E-state index in [1.807, 2.05) is 35.2 Å². The molecule has 2 aromatic heterocycles. The second-order valence-corrected chi connectivity index (χ2v) is 6.94. The molecule has 26 heavy (non-hydrogen) atoms. The number of benzene rings is 2. The molecule has 0 unspecified atom stereocenters. The van der Waals surface area contributed by atoms with E-state index in [4.69, 9.17) is 9.40 Å². The van der Waals surface area contributed by atoms with Crippen LogP contribution in [0.3, 0.4) is 0 Å². The molecule has 1 N–H and O–H groups in total.